The number of nitrogens with zero attached hydrogens (tertiary/aromatic N) is 2. The summed E-state index contributed by atoms with van der Waals surface area (Å²) in [4.78, 5) is 17.0. The average Bonchev–Trinajstić information content (AvgIpc) is 3.00. The maximum atomic E-state index is 12.4. The molecule has 0 fully saturated rings. The third-order valence-electron chi connectivity index (χ3n) is 4.33. The fourth-order valence-electron chi connectivity index (χ4n) is 2.66. The summed E-state index contributed by atoms with van der Waals surface area (Å²) in [6.45, 7) is 5.26. The number of hydrogen-bond donors (Lipinski definition) is 1. The van der Waals surface area contributed by atoms with E-state index < -0.39 is 5.54 Å². The third kappa shape index (κ3) is 4.56. The van der Waals surface area contributed by atoms with Crippen molar-refractivity contribution in [1.82, 2.24) is 14.9 Å². The van der Waals surface area contributed by atoms with E-state index in [1.54, 1.807) is 7.11 Å². The van der Waals surface area contributed by atoms with Gasteiger partial charge in [-0.25, -0.2) is 4.98 Å². The Morgan fingerprint density at radius 1 is 1.40 bits per heavy atom. The lowest BCUT2D eigenvalue weighted by atomic mass is 9.94. The largest absolute Gasteiger partial charge is 0.383 e. The highest BCUT2D eigenvalue weighted by atomic mass is 32.2. The van der Waals surface area contributed by atoms with Gasteiger partial charge in [0.2, 0.25) is 5.91 Å². The number of methoxy groups -OCH3 is 1. The van der Waals surface area contributed by atoms with Crippen LogP contribution < -0.4 is 5.32 Å². The zero-order chi connectivity index (χ0) is 18.3. The predicted octanol–water partition coefficient (Wildman–Crippen LogP) is 3.08. The molecule has 0 saturated heterocycles. The van der Waals surface area contributed by atoms with E-state index in [9.17, 15) is 4.79 Å². The summed E-state index contributed by atoms with van der Waals surface area (Å²) in [7, 11) is 1.67. The number of amides is 1. The van der Waals surface area contributed by atoms with Gasteiger partial charge in [0.15, 0.2) is 5.16 Å². The number of thioether (sulfide) groups is 1. The van der Waals surface area contributed by atoms with E-state index in [1.165, 1.54) is 11.8 Å². The van der Waals surface area contributed by atoms with Gasteiger partial charge in [0.1, 0.15) is 5.54 Å². The molecule has 0 bridgehead atoms. The maximum absolute atomic E-state index is 12.4. The SMILES string of the molecule is C#CC(CC)(CC)NC(=O)CSc1nc2ccccc2n1CCOC. The first-order chi connectivity index (χ1) is 12.1. The second-order valence-electron chi connectivity index (χ2n) is 5.80. The van der Waals surface area contributed by atoms with Gasteiger partial charge in [0, 0.05) is 13.7 Å². The monoisotopic (exact) mass is 359 g/mol. The fourth-order valence-corrected chi connectivity index (χ4v) is 3.50. The van der Waals surface area contributed by atoms with Gasteiger partial charge < -0.3 is 14.6 Å². The molecule has 0 atom stereocenters. The van der Waals surface area contributed by atoms with E-state index in [4.69, 9.17) is 11.2 Å². The van der Waals surface area contributed by atoms with Crippen LogP contribution in [0.5, 0.6) is 0 Å². The molecule has 1 amide bonds. The van der Waals surface area contributed by atoms with Crippen LogP contribution in [0.15, 0.2) is 29.4 Å². The van der Waals surface area contributed by atoms with Gasteiger partial charge in [0.05, 0.1) is 23.4 Å². The first kappa shape index (κ1) is 19.4. The minimum absolute atomic E-state index is 0.0722. The third-order valence-corrected chi connectivity index (χ3v) is 5.31. The topological polar surface area (TPSA) is 56.2 Å². The Labute approximate surface area is 153 Å². The standard InChI is InChI=1S/C19H25N3O2S/c1-5-19(6-2,7-3)21-17(23)14-25-18-20-15-10-8-9-11-16(15)22(18)12-13-24-4/h1,8-11H,6-7,12-14H2,2-4H3,(H,21,23). The van der Waals surface area contributed by atoms with E-state index in [-0.39, 0.29) is 11.7 Å². The summed E-state index contributed by atoms with van der Waals surface area (Å²) in [5.74, 6) is 2.93. The number of imidazole rings is 1. The minimum atomic E-state index is -0.562. The molecule has 0 saturated carbocycles. The van der Waals surface area contributed by atoms with Crippen molar-refractivity contribution < 1.29 is 9.53 Å². The van der Waals surface area contributed by atoms with Crippen molar-refractivity contribution in [3.8, 4) is 12.3 Å². The van der Waals surface area contributed by atoms with Crippen LogP contribution in [0.4, 0.5) is 0 Å². The van der Waals surface area contributed by atoms with Crippen LogP contribution in [0.2, 0.25) is 0 Å². The second-order valence-corrected chi connectivity index (χ2v) is 6.74. The summed E-state index contributed by atoms with van der Waals surface area (Å²) in [6.07, 6.45) is 7.03. The molecule has 0 aliphatic heterocycles. The molecule has 0 spiro atoms. The molecule has 1 aromatic heterocycles. The molecule has 1 heterocycles. The molecule has 0 radical (unpaired) electrons. The molecule has 134 valence electrons. The van der Waals surface area contributed by atoms with Crippen LogP contribution in [-0.2, 0) is 16.1 Å². The molecule has 2 aromatic rings. The average molecular weight is 359 g/mol. The number of nitrogens with one attached hydrogen (secondary N) is 1. The highest BCUT2D eigenvalue weighted by molar-refractivity contribution is 7.99. The molecule has 25 heavy (non-hydrogen) atoms. The van der Waals surface area contributed by atoms with Gasteiger partial charge >= 0.3 is 0 Å². The Morgan fingerprint density at radius 3 is 2.76 bits per heavy atom. The van der Waals surface area contributed by atoms with Crippen LogP contribution >= 0.6 is 11.8 Å². The number of hydrogen-bond acceptors (Lipinski definition) is 4. The second kappa shape index (κ2) is 8.93. The van der Waals surface area contributed by atoms with Gasteiger partial charge in [-0.2, -0.15) is 0 Å². The van der Waals surface area contributed by atoms with Crippen molar-refractivity contribution in [1.29, 1.82) is 0 Å². The van der Waals surface area contributed by atoms with Crippen LogP contribution in [0.25, 0.3) is 11.0 Å². The Balaban J connectivity index is 2.12. The van der Waals surface area contributed by atoms with Crippen LogP contribution in [-0.4, -0.2) is 40.5 Å². The summed E-state index contributed by atoms with van der Waals surface area (Å²) in [5.41, 5.74) is 1.40. The number of rotatable bonds is 9. The molecule has 0 aliphatic rings. The molecule has 1 N–H and O–H groups in total. The van der Waals surface area contributed by atoms with Crippen LogP contribution in [0.3, 0.4) is 0 Å². The Hall–Kier alpha value is -1.97. The predicted molar refractivity (Wildman–Crippen MR) is 103 cm³/mol. The van der Waals surface area contributed by atoms with Crippen molar-refractivity contribution in [2.24, 2.45) is 0 Å². The summed E-state index contributed by atoms with van der Waals surface area (Å²) in [5, 5.41) is 3.80. The minimum Gasteiger partial charge on any atom is -0.383 e. The van der Waals surface area contributed by atoms with Crippen LogP contribution in [0, 0.1) is 12.3 Å². The van der Waals surface area contributed by atoms with Crippen molar-refractivity contribution >= 4 is 28.7 Å². The molecule has 2 rings (SSSR count). The smallest absolute Gasteiger partial charge is 0.231 e. The van der Waals surface area contributed by atoms with Gasteiger partial charge in [-0.3, -0.25) is 4.79 Å². The number of fused-ring (bicyclic) bond motifs is 1. The Bertz CT molecular complexity index is 760. The first-order valence-electron chi connectivity index (χ1n) is 8.45. The van der Waals surface area contributed by atoms with Crippen molar-refractivity contribution in [2.75, 3.05) is 19.5 Å². The summed E-state index contributed by atoms with van der Waals surface area (Å²) >= 11 is 1.42. The lowest BCUT2D eigenvalue weighted by Gasteiger charge is -2.26. The maximum Gasteiger partial charge on any atom is 0.231 e. The van der Waals surface area contributed by atoms with E-state index in [1.807, 2.05) is 38.1 Å². The lowest BCUT2D eigenvalue weighted by Crippen LogP contribution is -2.47. The van der Waals surface area contributed by atoms with Crippen molar-refractivity contribution in [3.63, 3.8) is 0 Å². The number of ether oxygens (including phenoxy) is 1. The molecular weight excluding hydrogens is 334 g/mol. The number of carbonyl (C=O) groups is 1. The zero-order valence-electron chi connectivity index (χ0n) is 15.0. The normalized spacial score (nSPS) is 11.4. The highest BCUT2D eigenvalue weighted by Gasteiger charge is 2.25. The highest BCUT2D eigenvalue weighted by Crippen LogP contribution is 2.24. The van der Waals surface area contributed by atoms with E-state index in [2.05, 4.69) is 20.8 Å². The number of benzene rings is 1. The molecule has 0 aliphatic carbocycles. The van der Waals surface area contributed by atoms with Crippen molar-refractivity contribution in [3.05, 3.63) is 24.3 Å². The number of para-hydroxylation sites is 2. The quantitative estimate of drug-likeness (QED) is 0.552. The van der Waals surface area contributed by atoms with Gasteiger partial charge in [-0.1, -0.05) is 43.7 Å². The number of aromatic nitrogens is 2. The van der Waals surface area contributed by atoms with Crippen molar-refractivity contribution in [2.45, 2.75) is 43.9 Å². The lowest BCUT2D eigenvalue weighted by molar-refractivity contribution is -0.119. The Kier molecular flexibility index (Phi) is 6.91. The summed E-state index contributed by atoms with van der Waals surface area (Å²) < 4.78 is 7.28. The molecule has 6 heteroatoms. The fraction of sp³-hybridized carbons (Fsp3) is 0.474. The Morgan fingerprint density at radius 2 is 2.12 bits per heavy atom. The molecular formula is C19H25N3O2S. The number of carbonyl (C=O) groups excluding carboxylic acids is 1. The van der Waals surface area contributed by atoms with Gasteiger partial charge in [0.25, 0.3) is 0 Å². The zero-order valence-corrected chi connectivity index (χ0v) is 15.9. The molecule has 5 nitrogen and oxygen atoms in total. The van der Waals surface area contributed by atoms with E-state index in [0.29, 0.717) is 26.0 Å². The number of terminal acetylenes is 1. The van der Waals surface area contributed by atoms with E-state index in [0.717, 1.165) is 16.2 Å². The van der Waals surface area contributed by atoms with Gasteiger partial charge in [-0.15, -0.1) is 6.42 Å². The van der Waals surface area contributed by atoms with Crippen LogP contribution in [0.1, 0.15) is 26.7 Å². The van der Waals surface area contributed by atoms with E-state index >= 15 is 0 Å². The first-order valence-corrected chi connectivity index (χ1v) is 9.43. The van der Waals surface area contributed by atoms with Gasteiger partial charge in [-0.05, 0) is 25.0 Å². The summed E-state index contributed by atoms with van der Waals surface area (Å²) in [6, 6.07) is 7.94. The molecule has 1 aromatic carbocycles. The molecule has 0 unspecified atom stereocenters.